The van der Waals surface area contributed by atoms with E-state index in [2.05, 4.69) is 15.2 Å². The van der Waals surface area contributed by atoms with E-state index in [-0.39, 0.29) is 5.91 Å². The molecule has 6 heteroatoms. The Morgan fingerprint density at radius 3 is 2.64 bits per heavy atom. The quantitative estimate of drug-likeness (QED) is 0.823. The van der Waals surface area contributed by atoms with Crippen LogP contribution in [-0.4, -0.2) is 73.2 Å². The molecule has 1 saturated heterocycles. The summed E-state index contributed by atoms with van der Waals surface area (Å²) in [5.74, 6) is 0.849. The average Bonchev–Trinajstić information content (AvgIpc) is 2.57. The summed E-state index contributed by atoms with van der Waals surface area (Å²) < 4.78 is 5.33. The topological polar surface area (TPSA) is 57.7 Å². The Morgan fingerprint density at radius 2 is 2.05 bits per heavy atom. The van der Waals surface area contributed by atoms with Gasteiger partial charge in [0.1, 0.15) is 5.82 Å². The Hall–Kier alpha value is -1.66. The molecule has 0 aromatic carbocycles. The number of carbonyl (C=O) groups is 1. The lowest BCUT2D eigenvalue weighted by Crippen LogP contribution is -2.39. The van der Waals surface area contributed by atoms with Crippen molar-refractivity contribution in [2.45, 2.75) is 13.8 Å². The highest BCUT2D eigenvalue weighted by atomic mass is 16.5. The molecule has 22 heavy (non-hydrogen) atoms. The summed E-state index contributed by atoms with van der Waals surface area (Å²) in [6, 6.07) is 3.71. The number of hydrogen-bond donors (Lipinski definition) is 1. The Labute approximate surface area is 132 Å². The van der Waals surface area contributed by atoms with Gasteiger partial charge in [-0.2, -0.15) is 0 Å². The number of aromatic nitrogens is 1. The van der Waals surface area contributed by atoms with Crippen LogP contribution in [0.4, 0.5) is 5.82 Å². The third-order valence-corrected chi connectivity index (χ3v) is 3.90. The van der Waals surface area contributed by atoms with Crippen molar-refractivity contribution in [2.75, 3.05) is 57.8 Å². The number of pyridine rings is 1. The largest absolute Gasteiger partial charge is 0.379 e. The van der Waals surface area contributed by atoms with Crippen LogP contribution < -0.4 is 5.32 Å². The maximum atomic E-state index is 12.2. The Morgan fingerprint density at radius 1 is 1.32 bits per heavy atom. The standard InChI is InChI=1S/C16H26N4O2/c1-3-20(4-2)16(21)14-5-6-15(18-13-14)17-7-8-19-9-11-22-12-10-19/h5-6,13H,3-4,7-12H2,1-2H3,(H,17,18). The van der Waals surface area contributed by atoms with Gasteiger partial charge in [0.05, 0.1) is 18.8 Å². The van der Waals surface area contributed by atoms with Crippen molar-refractivity contribution in [3.63, 3.8) is 0 Å². The molecule has 0 spiro atoms. The number of ether oxygens (including phenoxy) is 1. The van der Waals surface area contributed by atoms with Gasteiger partial charge in [-0.15, -0.1) is 0 Å². The van der Waals surface area contributed by atoms with E-state index in [1.807, 2.05) is 26.0 Å². The molecule has 1 aromatic rings. The Bertz CT molecular complexity index is 454. The zero-order valence-corrected chi connectivity index (χ0v) is 13.5. The molecule has 122 valence electrons. The summed E-state index contributed by atoms with van der Waals surface area (Å²) in [4.78, 5) is 20.7. The summed E-state index contributed by atoms with van der Waals surface area (Å²) in [7, 11) is 0. The van der Waals surface area contributed by atoms with Crippen LogP contribution in [0.15, 0.2) is 18.3 Å². The molecule has 1 amide bonds. The number of hydrogen-bond acceptors (Lipinski definition) is 5. The molecule has 0 radical (unpaired) electrons. The lowest BCUT2D eigenvalue weighted by Gasteiger charge is -2.26. The first kappa shape index (κ1) is 16.7. The predicted molar refractivity (Wildman–Crippen MR) is 87.2 cm³/mol. The molecule has 2 rings (SSSR count). The van der Waals surface area contributed by atoms with Gasteiger partial charge >= 0.3 is 0 Å². The molecular formula is C16H26N4O2. The molecular weight excluding hydrogens is 280 g/mol. The lowest BCUT2D eigenvalue weighted by atomic mass is 10.2. The first-order valence-corrected chi connectivity index (χ1v) is 8.04. The van der Waals surface area contributed by atoms with Gasteiger partial charge in [-0.05, 0) is 26.0 Å². The molecule has 0 aliphatic carbocycles. The summed E-state index contributed by atoms with van der Waals surface area (Å²) >= 11 is 0. The monoisotopic (exact) mass is 306 g/mol. The number of anilines is 1. The molecule has 2 heterocycles. The molecule has 1 N–H and O–H groups in total. The molecule has 1 aliphatic rings. The van der Waals surface area contributed by atoms with Crippen molar-refractivity contribution in [1.82, 2.24) is 14.8 Å². The molecule has 0 unspecified atom stereocenters. The fraction of sp³-hybridized carbons (Fsp3) is 0.625. The van der Waals surface area contributed by atoms with Crippen LogP contribution in [0, 0.1) is 0 Å². The van der Waals surface area contributed by atoms with Gasteiger partial charge in [0, 0.05) is 45.5 Å². The van der Waals surface area contributed by atoms with Crippen LogP contribution in [0.1, 0.15) is 24.2 Å². The second kappa shape index (κ2) is 8.70. The van der Waals surface area contributed by atoms with Gasteiger partial charge < -0.3 is 15.0 Å². The van der Waals surface area contributed by atoms with Crippen molar-refractivity contribution < 1.29 is 9.53 Å². The van der Waals surface area contributed by atoms with Gasteiger partial charge in [-0.3, -0.25) is 9.69 Å². The molecule has 6 nitrogen and oxygen atoms in total. The SMILES string of the molecule is CCN(CC)C(=O)c1ccc(NCCN2CCOCC2)nc1. The zero-order chi connectivity index (χ0) is 15.8. The minimum absolute atomic E-state index is 0.0392. The predicted octanol–water partition coefficient (Wildman–Crippen LogP) is 1.31. The minimum atomic E-state index is 0.0392. The number of amides is 1. The number of rotatable bonds is 7. The van der Waals surface area contributed by atoms with Crippen LogP contribution in [0.25, 0.3) is 0 Å². The van der Waals surface area contributed by atoms with E-state index in [9.17, 15) is 4.79 Å². The van der Waals surface area contributed by atoms with E-state index in [4.69, 9.17) is 4.74 Å². The number of nitrogens with zero attached hydrogens (tertiary/aromatic N) is 3. The molecule has 1 fully saturated rings. The summed E-state index contributed by atoms with van der Waals surface area (Å²) in [5, 5.41) is 3.30. The first-order valence-electron chi connectivity index (χ1n) is 8.04. The number of nitrogens with one attached hydrogen (secondary N) is 1. The van der Waals surface area contributed by atoms with Crippen molar-refractivity contribution >= 4 is 11.7 Å². The smallest absolute Gasteiger partial charge is 0.255 e. The highest BCUT2D eigenvalue weighted by molar-refractivity contribution is 5.94. The van der Waals surface area contributed by atoms with Crippen molar-refractivity contribution in [1.29, 1.82) is 0 Å². The normalized spacial score (nSPS) is 15.5. The first-order chi connectivity index (χ1) is 10.7. The van der Waals surface area contributed by atoms with Gasteiger partial charge in [-0.1, -0.05) is 0 Å². The molecule has 1 aliphatic heterocycles. The lowest BCUT2D eigenvalue weighted by molar-refractivity contribution is 0.0398. The fourth-order valence-corrected chi connectivity index (χ4v) is 2.49. The second-order valence-electron chi connectivity index (χ2n) is 5.29. The third kappa shape index (κ3) is 4.68. The van der Waals surface area contributed by atoms with Crippen LogP contribution in [-0.2, 0) is 4.74 Å². The highest BCUT2D eigenvalue weighted by Crippen LogP contribution is 2.08. The van der Waals surface area contributed by atoms with Gasteiger partial charge in [0.15, 0.2) is 0 Å². The average molecular weight is 306 g/mol. The molecule has 0 atom stereocenters. The van der Waals surface area contributed by atoms with E-state index in [0.29, 0.717) is 5.56 Å². The summed E-state index contributed by atoms with van der Waals surface area (Å²) in [5.41, 5.74) is 0.641. The number of morpholine rings is 1. The maximum Gasteiger partial charge on any atom is 0.255 e. The van der Waals surface area contributed by atoms with Crippen LogP contribution in [0.2, 0.25) is 0 Å². The molecule has 0 saturated carbocycles. The fourth-order valence-electron chi connectivity index (χ4n) is 2.49. The van der Waals surface area contributed by atoms with Gasteiger partial charge in [0.25, 0.3) is 5.91 Å². The third-order valence-electron chi connectivity index (χ3n) is 3.90. The van der Waals surface area contributed by atoms with Gasteiger partial charge in [0.2, 0.25) is 0 Å². The van der Waals surface area contributed by atoms with Crippen LogP contribution >= 0.6 is 0 Å². The molecule has 1 aromatic heterocycles. The van der Waals surface area contributed by atoms with E-state index >= 15 is 0 Å². The summed E-state index contributed by atoms with van der Waals surface area (Å²) in [6.07, 6.45) is 1.65. The van der Waals surface area contributed by atoms with Crippen molar-refractivity contribution in [3.05, 3.63) is 23.9 Å². The minimum Gasteiger partial charge on any atom is -0.379 e. The Balaban J connectivity index is 1.80. The van der Waals surface area contributed by atoms with Crippen molar-refractivity contribution in [3.8, 4) is 0 Å². The second-order valence-corrected chi connectivity index (χ2v) is 5.29. The van der Waals surface area contributed by atoms with Gasteiger partial charge in [-0.25, -0.2) is 4.98 Å². The zero-order valence-electron chi connectivity index (χ0n) is 13.5. The van der Waals surface area contributed by atoms with Crippen molar-refractivity contribution in [2.24, 2.45) is 0 Å². The molecule has 0 bridgehead atoms. The van der Waals surface area contributed by atoms with E-state index < -0.39 is 0 Å². The number of carbonyl (C=O) groups excluding carboxylic acids is 1. The van der Waals surface area contributed by atoms with Crippen LogP contribution in [0.5, 0.6) is 0 Å². The van der Waals surface area contributed by atoms with E-state index in [1.54, 1.807) is 11.1 Å². The highest BCUT2D eigenvalue weighted by Gasteiger charge is 2.13. The van der Waals surface area contributed by atoms with E-state index in [1.165, 1.54) is 0 Å². The summed E-state index contributed by atoms with van der Waals surface area (Å²) in [6.45, 7) is 10.8. The Kier molecular flexibility index (Phi) is 6.61. The maximum absolute atomic E-state index is 12.2. The van der Waals surface area contributed by atoms with Crippen LogP contribution in [0.3, 0.4) is 0 Å². The van der Waals surface area contributed by atoms with E-state index in [0.717, 1.165) is 58.3 Å².